The Morgan fingerprint density at radius 1 is 1.06 bits per heavy atom. The van der Waals surface area contributed by atoms with Crippen LogP contribution in [0.1, 0.15) is 31.0 Å². The normalized spacial score (nSPS) is 17.8. The van der Waals surface area contributed by atoms with Crippen molar-refractivity contribution in [2.24, 2.45) is 0 Å². The molecule has 2 aromatic rings. The lowest BCUT2D eigenvalue weighted by molar-refractivity contribution is -0.140. The van der Waals surface area contributed by atoms with E-state index in [9.17, 15) is 14.7 Å². The quantitative estimate of drug-likeness (QED) is 0.361. The van der Waals surface area contributed by atoms with Crippen molar-refractivity contribution in [3.8, 4) is 11.5 Å². The van der Waals surface area contributed by atoms with E-state index in [-0.39, 0.29) is 41.2 Å². The fourth-order valence-electron chi connectivity index (χ4n) is 3.59. The maximum Gasteiger partial charge on any atom is 0.295 e. The SMILES string of the molecule is COc1ccc(C2/C(=C(\O)c3cc(OC)ccc3Cl)C(=O)C(=O)N2CCOC(C)C)cc1. The minimum atomic E-state index is -0.807. The third-order valence-corrected chi connectivity index (χ3v) is 5.51. The number of benzene rings is 2. The number of methoxy groups -OCH3 is 2. The number of aliphatic hydroxyl groups excluding tert-OH is 1. The van der Waals surface area contributed by atoms with Crippen LogP contribution in [0.5, 0.6) is 11.5 Å². The van der Waals surface area contributed by atoms with Crippen molar-refractivity contribution in [3.63, 3.8) is 0 Å². The van der Waals surface area contributed by atoms with Crippen LogP contribution in [0.15, 0.2) is 48.0 Å². The Morgan fingerprint density at radius 3 is 2.28 bits per heavy atom. The Bertz CT molecular complexity index is 1030. The summed E-state index contributed by atoms with van der Waals surface area (Å²) in [6, 6.07) is 10.9. The summed E-state index contributed by atoms with van der Waals surface area (Å²) < 4.78 is 16.0. The maximum atomic E-state index is 13.1. The molecule has 1 heterocycles. The van der Waals surface area contributed by atoms with E-state index >= 15 is 0 Å². The predicted octanol–water partition coefficient (Wildman–Crippen LogP) is 4.20. The number of rotatable bonds is 8. The summed E-state index contributed by atoms with van der Waals surface area (Å²) in [5.41, 5.74) is 0.816. The first kappa shape index (κ1) is 23.6. The molecule has 3 rings (SSSR count). The summed E-state index contributed by atoms with van der Waals surface area (Å²) in [5, 5.41) is 11.4. The molecule has 170 valence electrons. The minimum absolute atomic E-state index is 0.0261. The van der Waals surface area contributed by atoms with E-state index in [0.717, 1.165) is 0 Å². The van der Waals surface area contributed by atoms with Crippen LogP contribution in [-0.4, -0.2) is 55.2 Å². The summed E-state index contributed by atoms with van der Waals surface area (Å²) in [6.45, 7) is 4.21. The highest BCUT2D eigenvalue weighted by atomic mass is 35.5. The van der Waals surface area contributed by atoms with Crippen molar-refractivity contribution < 1.29 is 28.9 Å². The largest absolute Gasteiger partial charge is 0.507 e. The molecule has 32 heavy (non-hydrogen) atoms. The molecule has 0 bridgehead atoms. The van der Waals surface area contributed by atoms with Gasteiger partial charge in [-0.15, -0.1) is 0 Å². The molecule has 0 radical (unpaired) electrons. The molecule has 1 saturated heterocycles. The summed E-state index contributed by atoms with van der Waals surface area (Å²) in [6.07, 6.45) is -0.0261. The minimum Gasteiger partial charge on any atom is -0.507 e. The van der Waals surface area contributed by atoms with E-state index in [1.54, 1.807) is 43.5 Å². The van der Waals surface area contributed by atoms with E-state index in [4.69, 9.17) is 25.8 Å². The smallest absolute Gasteiger partial charge is 0.295 e. The number of nitrogens with zero attached hydrogens (tertiary/aromatic N) is 1. The van der Waals surface area contributed by atoms with Crippen LogP contribution in [0.25, 0.3) is 5.76 Å². The fraction of sp³-hybridized carbons (Fsp3) is 0.333. The average Bonchev–Trinajstić information content (AvgIpc) is 3.04. The molecule has 1 fully saturated rings. The summed E-state index contributed by atoms with van der Waals surface area (Å²) in [4.78, 5) is 27.4. The van der Waals surface area contributed by atoms with Crippen LogP contribution < -0.4 is 9.47 Å². The Labute approximate surface area is 192 Å². The number of hydrogen-bond acceptors (Lipinski definition) is 6. The molecule has 1 atom stereocenters. The third-order valence-electron chi connectivity index (χ3n) is 5.18. The molecule has 0 saturated carbocycles. The third kappa shape index (κ3) is 4.74. The number of ether oxygens (including phenoxy) is 3. The maximum absolute atomic E-state index is 13.1. The van der Waals surface area contributed by atoms with Gasteiger partial charge in [0.15, 0.2) is 0 Å². The van der Waals surface area contributed by atoms with Crippen molar-refractivity contribution in [2.45, 2.75) is 26.0 Å². The van der Waals surface area contributed by atoms with Gasteiger partial charge in [-0.3, -0.25) is 9.59 Å². The monoisotopic (exact) mass is 459 g/mol. The van der Waals surface area contributed by atoms with Gasteiger partial charge >= 0.3 is 0 Å². The highest BCUT2D eigenvalue weighted by Crippen LogP contribution is 2.41. The van der Waals surface area contributed by atoms with Crippen LogP contribution in [-0.2, 0) is 14.3 Å². The van der Waals surface area contributed by atoms with Gasteiger partial charge in [0.2, 0.25) is 0 Å². The zero-order valence-corrected chi connectivity index (χ0v) is 19.2. The number of halogens is 1. The number of amides is 1. The first-order chi connectivity index (χ1) is 15.3. The van der Waals surface area contributed by atoms with Crippen molar-refractivity contribution in [2.75, 3.05) is 27.4 Å². The molecule has 0 aliphatic carbocycles. The standard InChI is InChI=1S/C24H26ClNO6/c1-14(2)32-12-11-26-21(15-5-7-16(30-3)8-6-15)20(23(28)24(26)29)22(27)18-13-17(31-4)9-10-19(18)25/h5-10,13-14,21,27H,11-12H2,1-4H3/b22-20+. The highest BCUT2D eigenvalue weighted by molar-refractivity contribution is 6.47. The number of hydrogen-bond donors (Lipinski definition) is 1. The molecule has 2 aromatic carbocycles. The molecule has 1 aliphatic heterocycles. The van der Waals surface area contributed by atoms with Gasteiger partial charge in [0.1, 0.15) is 17.3 Å². The van der Waals surface area contributed by atoms with Crippen molar-refractivity contribution in [1.82, 2.24) is 4.90 Å². The van der Waals surface area contributed by atoms with Crippen molar-refractivity contribution in [3.05, 3.63) is 64.2 Å². The zero-order valence-electron chi connectivity index (χ0n) is 18.4. The zero-order chi connectivity index (χ0) is 23.4. The molecular weight excluding hydrogens is 434 g/mol. The molecule has 8 heteroatoms. The Morgan fingerprint density at radius 2 is 1.69 bits per heavy atom. The Hall–Kier alpha value is -3.03. The lowest BCUT2D eigenvalue weighted by Gasteiger charge is -2.26. The molecule has 0 aromatic heterocycles. The van der Waals surface area contributed by atoms with Crippen LogP contribution in [0.2, 0.25) is 5.02 Å². The van der Waals surface area contributed by atoms with Crippen LogP contribution in [0.3, 0.4) is 0 Å². The summed E-state index contributed by atoms with van der Waals surface area (Å²) in [5.74, 6) is -0.771. The summed E-state index contributed by atoms with van der Waals surface area (Å²) in [7, 11) is 3.03. The van der Waals surface area contributed by atoms with Gasteiger partial charge in [-0.1, -0.05) is 23.7 Å². The van der Waals surface area contributed by atoms with Gasteiger partial charge in [0.05, 0.1) is 43.6 Å². The topological polar surface area (TPSA) is 85.3 Å². The van der Waals surface area contributed by atoms with Gasteiger partial charge in [-0.05, 0) is 49.7 Å². The number of Topliss-reactive ketones (excluding diaryl/α,β-unsaturated/α-hetero) is 1. The lowest BCUT2D eigenvalue weighted by Crippen LogP contribution is -2.33. The molecule has 1 unspecified atom stereocenters. The van der Waals surface area contributed by atoms with E-state index in [1.165, 1.54) is 18.1 Å². The first-order valence-corrected chi connectivity index (χ1v) is 10.5. The lowest BCUT2D eigenvalue weighted by atomic mass is 9.95. The van der Waals surface area contributed by atoms with Gasteiger partial charge < -0.3 is 24.2 Å². The molecule has 7 nitrogen and oxygen atoms in total. The van der Waals surface area contributed by atoms with Gasteiger partial charge in [-0.25, -0.2) is 0 Å². The number of likely N-dealkylation sites (tertiary alicyclic amines) is 1. The number of ketones is 1. The number of carbonyl (C=O) groups is 2. The second kappa shape index (κ2) is 10.1. The average molecular weight is 460 g/mol. The van der Waals surface area contributed by atoms with E-state index in [0.29, 0.717) is 17.1 Å². The number of carbonyl (C=O) groups excluding carboxylic acids is 2. The van der Waals surface area contributed by atoms with Crippen molar-refractivity contribution in [1.29, 1.82) is 0 Å². The Balaban J connectivity index is 2.13. The van der Waals surface area contributed by atoms with Crippen molar-refractivity contribution >= 4 is 29.1 Å². The van der Waals surface area contributed by atoms with E-state index < -0.39 is 17.7 Å². The Kier molecular flexibility index (Phi) is 7.43. The van der Waals surface area contributed by atoms with Gasteiger partial charge in [0, 0.05) is 12.1 Å². The van der Waals surface area contributed by atoms with E-state index in [2.05, 4.69) is 0 Å². The van der Waals surface area contributed by atoms with E-state index in [1.807, 2.05) is 13.8 Å². The predicted molar refractivity (Wildman–Crippen MR) is 121 cm³/mol. The van der Waals surface area contributed by atoms with Crippen LogP contribution >= 0.6 is 11.6 Å². The molecule has 1 aliphatic rings. The molecule has 0 spiro atoms. The fourth-order valence-corrected chi connectivity index (χ4v) is 3.80. The molecule has 1 amide bonds. The summed E-state index contributed by atoms with van der Waals surface area (Å²) >= 11 is 6.30. The highest BCUT2D eigenvalue weighted by Gasteiger charge is 2.46. The second-order valence-electron chi connectivity index (χ2n) is 7.53. The molecular formula is C24H26ClNO6. The van der Waals surface area contributed by atoms with Gasteiger partial charge in [-0.2, -0.15) is 0 Å². The second-order valence-corrected chi connectivity index (χ2v) is 7.94. The van der Waals surface area contributed by atoms with Crippen LogP contribution in [0.4, 0.5) is 0 Å². The molecule has 1 N–H and O–H groups in total. The van der Waals surface area contributed by atoms with Gasteiger partial charge in [0.25, 0.3) is 11.7 Å². The number of aliphatic hydroxyl groups is 1. The first-order valence-electron chi connectivity index (χ1n) is 10.2. The van der Waals surface area contributed by atoms with Crippen LogP contribution in [0, 0.1) is 0 Å².